The van der Waals surface area contributed by atoms with Crippen molar-refractivity contribution in [2.24, 2.45) is 0 Å². The summed E-state index contributed by atoms with van der Waals surface area (Å²) in [5, 5.41) is 12.1. The van der Waals surface area contributed by atoms with Gasteiger partial charge in [-0.15, -0.1) is 0 Å². The molecule has 31 heavy (non-hydrogen) atoms. The largest absolute Gasteiger partial charge is 0.465 e. The molecule has 0 saturated heterocycles. The highest BCUT2D eigenvalue weighted by Crippen LogP contribution is 2.49. The van der Waals surface area contributed by atoms with Crippen LogP contribution >= 0.6 is 11.8 Å². The maximum absolute atomic E-state index is 12.8. The number of rotatable bonds is 5. The molecule has 5 rings (SSSR count). The van der Waals surface area contributed by atoms with Crippen molar-refractivity contribution in [1.29, 1.82) is 5.26 Å². The lowest BCUT2D eigenvalue weighted by molar-refractivity contribution is -0.148. The van der Waals surface area contributed by atoms with Gasteiger partial charge in [-0.2, -0.15) is 5.26 Å². The molecule has 1 saturated carbocycles. The Morgan fingerprint density at radius 1 is 1.23 bits per heavy atom. The van der Waals surface area contributed by atoms with Crippen LogP contribution in [0.25, 0.3) is 27.5 Å². The van der Waals surface area contributed by atoms with Crippen LogP contribution in [0.2, 0.25) is 0 Å². The van der Waals surface area contributed by atoms with Crippen LogP contribution in [0.1, 0.15) is 31.7 Å². The number of esters is 1. The molecule has 2 aromatic heterocycles. The smallest absolute Gasteiger partial charge is 0.322 e. The van der Waals surface area contributed by atoms with Gasteiger partial charge in [-0.1, -0.05) is 36.0 Å². The Morgan fingerprint density at radius 2 is 2.03 bits per heavy atom. The quantitative estimate of drug-likeness (QED) is 0.415. The summed E-state index contributed by atoms with van der Waals surface area (Å²) in [5.41, 5.74) is 3.22. The predicted octanol–water partition coefficient (Wildman–Crippen LogP) is 5.02. The number of thioether (sulfide) groups is 1. The molecule has 0 amide bonds. The molecule has 0 bridgehead atoms. The number of carbonyl (C=O) groups is 1. The van der Waals surface area contributed by atoms with Crippen molar-refractivity contribution in [3.05, 3.63) is 60.4 Å². The average Bonchev–Trinajstić information content (AvgIpc) is 3.13. The molecule has 1 fully saturated rings. The van der Waals surface area contributed by atoms with Gasteiger partial charge < -0.3 is 4.74 Å². The zero-order valence-electron chi connectivity index (χ0n) is 17.0. The van der Waals surface area contributed by atoms with Gasteiger partial charge in [0.05, 0.1) is 35.6 Å². The first-order chi connectivity index (χ1) is 15.2. The van der Waals surface area contributed by atoms with Crippen molar-refractivity contribution < 1.29 is 9.53 Å². The van der Waals surface area contributed by atoms with Crippen LogP contribution in [0.15, 0.2) is 60.0 Å². The number of aromatic nitrogens is 3. The highest BCUT2D eigenvalue weighted by Gasteiger charge is 2.48. The topological polar surface area (TPSA) is 80.8 Å². The molecule has 6 nitrogen and oxygen atoms in total. The van der Waals surface area contributed by atoms with Crippen molar-refractivity contribution in [2.45, 2.75) is 36.1 Å². The maximum atomic E-state index is 12.8. The van der Waals surface area contributed by atoms with Crippen molar-refractivity contribution in [3.63, 3.8) is 0 Å². The number of hydrogen-bond donors (Lipinski definition) is 0. The predicted molar refractivity (Wildman–Crippen MR) is 120 cm³/mol. The monoisotopic (exact) mass is 428 g/mol. The summed E-state index contributed by atoms with van der Waals surface area (Å²) in [6.07, 6.45) is 6.01. The third kappa shape index (κ3) is 3.15. The van der Waals surface area contributed by atoms with Gasteiger partial charge in [0.1, 0.15) is 10.3 Å². The third-order valence-electron chi connectivity index (χ3n) is 5.78. The molecule has 0 radical (unpaired) electrons. The first kappa shape index (κ1) is 19.6. The van der Waals surface area contributed by atoms with E-state index >= 15 is 0 Å². The van der Waals surface area contributed by atoms with E-state index in [4.69, 9.17) is 9.72 Å². The van der Waals surface area contributed by atoms with Crippen LogP contribution in [0.5, 0.6) is 0 Å². The number of imidazole rings is 1. The molecule has 0 aliphatic heterocycles. The molecule has 1 aliphatic rings. The van der Waals surface area contributed by atoms with E-state index < -0.39 is 4.75 Å². The normalized spacial score (nSPS) is 14.8. The van der Waals surface area contributed by atoms with Gasteiger partial charge in [0.25, 0.3) is 0 Å². The van der Waals surface area contributed by atoms with Gasteiger partial charge in [0.15, 0.2) is 5.16 Å². The van der Waals surface area contributed by atoms with Gasteiger partial charge in [-0.05, 0) is 44.4 Å². The molecule has 0 unspecified atom stereocenters. The van der Waals surface area contributed by atoms with E-state index in [1.165, 1.54) is 11.8 Å². The van der Waals surface area contributed by atoms with Gasteiger partial charge in [-0.3, -0.25) is 14.3 Å². The van der Waals surface area contributed by atoms with E-state index in [0.717, 1.165) is 51.9 Å². The van der Waals surface area contributed by atoms with Crippen molar-refractivity contribution >= 4 is 39.5 Å². The fourth-order valence-electron chi connectivity index (χ4n) is 4.07. The minimum atomic E-state index is -0.606. The molecule has 1 aliphatic carbocycles. The number of fused-ring (bicyclic) bond motifs is 2. The number of pyridine rings is 1. The second-order valence-corrected chi connectivity index (χ2v) is 8.90. The summed E-state index contributed by atoms with van der Waals surface area (Å²) >= 11 is 1.48. The second-order valence-electron chi connectivity index (χ2n) is 7.55. The number of nitrogens with zero attached hydrogens (tertiary/aromatic N) is 4. The highest BCUT2D eigenvalue weighted by atomic mass is 32.2. The van der Waals surface area contributed by atoms with Crippen molar-refractivity contribution in [2.75, 3.05) is 6.61 Å². The standard InChI is InChI=1S/C24H20N4O2S/c1-2-30-22(29)24(11-5-12-24)31-23-27-19-15-26-13-10-21(19)28(23)20-9-8-16(14-25)17-6-3-4-7-18(17)20/h3-4,6-10,13,15H,2,5,11-12H2,1H3. The summed E-state index contributed by atoms with van der Waals surface area (Å²) in [6.45, 7) is 2.19. The van der Waals surface area contributed by atoms with Crippen LogP contribution < -0.4 is 0 Å². The zero-order valence-corrected chi connectivity index (χ0v) is 17.9. The van der Waals surface area contributed by atoms with Gasteiger partial charge in [0, 0.05) is 17.0 Å². The summed E-state index contributed by atoms with van der Waals surface area (Å²) < 4.78 is 6.86. The number of hydrogen-bond acceptors (Lipinski definition) is 6. The highest BCUT2D eigenvalue weighted by molar-refractivity contribution is 8.01. The molecular formula is C24H20N4O2S. The van der Waals surface area contributed by atoms with Crippen LogP contribution in [0, 0.1) is 11.3 Å². The van der Waals surface area contributed by atoms with Crippen LogP contribution in [0.3, 0.4) is 0 Å². The Balaban J connectivity index is 1.73. The van der Waals surface area contributed by atoms with Gasteiger partial charge >= 0.3 is 5.97 Å². The van der Waals surface area contributed by atoms with Crippen molar-refractivity contribution in [1.82, 2.24) is 14.5 Å². The van der Waals surface area contributed by atoms with E-state index in [9.17, 15) is 10.1 Å². The molecule has 2 aromatic carbocycles. The minimum absolute atomic E-state index is 0.173. The van der Waals surface area contributed by atoms with Crippen molar-refractivity contribution in [3.8, 4) is 11.8 Å². The van der Waals surface area contributed by atoms with Gasteiger partial charge in [-0.25, -0.2) is 4.98 Å². The number of nitriles is 1. The van der Waals surface area contributed by atoms with E-state index in [1.54, 1.807) is 12.4 Å². The van der Waals surface area contributed by atoms with E-state index in [2.05, 4.69) is 15.6 Å². The first-order valence-electron chi connectivity index (χ1n) is 10.3. The summed E-state index contributed by atoms with van der Waals surface area (Å²) in [5.74, 6) is -0.173. The lowest BCUT2D eigenvalue weighted by atomic mass is 9.84. The van der Waals surface area contributed by atoms with Gasteiger partial charge in [0.2, 0.25) is 0 Å². The maximum Gasteiger partial charge on any atom is 0.322 e. The summed E-state index contributed by atoms with van der Waals surface area (Å²) in [6, 6.07) is 15.9. The van der Waals surface area contributed by atoms with E-state index in [0.29, 0.717) is 12.2 Å². The first-order valence-corrected chi connectivity index (χ1v) is 11.1. The molecule has 2 heterocycles. The van der Waals surface area contributed by atoms with E-state index in [1.807, 2.05) is 49.4 Å². The second kappa shape index (κ2) is 7.71. The molecule has 4 aromatic rings. The number of ether oxygens (including phenoxy) is 1. The summed E-state index contributed by atoms with van der Waals surface area (Å²) in [4.78, 5) is 21.8. The molecule has 7 heteroatoms. The van der Waals surface area contributed by atoms with Crippen LogP contribution in [0.4, 0.5) is 0 Å². The fourth-order valence-corrected chi connectivity index (χ4v) is 5.49. The number of carbonyl (C=O) groups excluding carboxylic acids is 1. The minimum Gasteiger partial charge on any atom is -0.465 e. The average molecular weight is 429 g/mol. The fraction of sp³-hybridized carbons (Fsp3) is 0.250. The SMILES string of the molecule is CCOC(=O)C1(Sc2nc3cnccc3n2-c2ccc(C#N)c3ccccc23)CCC1. The van der Waals surface area contributed by atoms with Crippen LogP contribution in [-0.2, 0) is 9.53 Å². The van der Waals surface area contributed by atoms with E-state index in [-0.39, 0.29) is 5.97 Å². The molecule has 0 spiro atoms. The number of benzene rings is 2. The Labute approximate surface area is 183 Å². The Bertz CT molecular complexity index is 1350. The Morgan fingerprint density at radius 3 is 2.74 bits per heavy atom. The summed E-state index contributed by atoms with van der Waals surface area (Å²) in [7, 11) is 0. The molecule has 154 valence electrons. The lowest BCUT2D eigenvalue weighted by Gasteiger charge is -2.37. The molecular weight excluding hydrogens is 408 g/mol. The third-order valence-corrected chi connectivity index (χ3v) is 7.21. The molecule has 0 N–H and O–H groups in total. The van der Waals surface area contributed by atoms with Crippen LogP contribution in [-0.4, -0.2) is 31.9 Å². The Hall–Kier alpha value is -3.37. The zero-order chi connectivity index (χ0) is 21.4. The molecule has 0 atom stereocenters. The Kier molecular flexibility index (Phi) is 4.87. The lowest BCUT2D eigenvalue weighted by Crippen LogP contribution is -2.43.